The van der Waals surface area contributed by atoms with Crippen molar-refractivity contribution in [3.8, 4) is 0 Å². The number of amides is 1. The summed E-state index contributed by atoms with van der Waals surface area (Å²) in [5, 5.41) is 0. The lowest BCUT2D eigenvalue weighted by molar-refractivity contribution is 0.0787. The highest BCUT2D eigenvalue weighted by atomic mass is 16.5. The minimum Gasteiger partial charge on any atom is -0.378 e. The molecule has 20 heavy (non-hydrogen) atoms. The molecule has 0 radical (unpaired) electrons. The van der Waals surface area contributed by atoms with Crippen LogP contribution >= 0.6 is 0 Å². The van der Waals surface area contributed by atoms with Crippen molar-refractivity contribution in [1.82, 2.24) is 14.9 Å². The molecule has 1 aliphatic rings. The second-order valence-electron chi connectivity index (χ2n) is 4.92. The van der Waals surface area contributed by atoms with Crippen LogP contribution in [0.15, 0.2) is 12.3 Å². The number of ether oxygens (including phenoxy) is 1. The number of nitrogens with zero attached hydrogens (tertiary/aromatic N) is 4. The van der Waals surface area contributed by atoms with Gasteiger partial charge in [-0.05, 0) is 12.5 Å². The first-order chi connectivity index (χ1) is 9.72. The number of aromatic nitrogens is 2. The lowest BCUT2D eigenvalue weighted by Crippen LogP contribution is -2.38. The number of carbonyl (C=O) groups is 1. The topological polar surface area (TPSA) is 58.6 Å². The Balaban J connectivity index is 2.06. The normalized spacial score (nSPS) is 15.2. The van der Waals surface area contributed by atoms with Crippen LogP contribution in [0, 0.1) is 0 Å². The highest BCUT2D eigenvalue weighted by Gasteiger charge is 2.17. The van der Waals surface area contributed by atoms with Crippen LogP contribution in [0.4, 0.5) is 5.95 Å². The van der Waals surface area contributed by atoms with E-state index >= 15 is 0 Å². The molecule has 0 aliphatic carbocycles. The fourth-order valence-corrected chi connectivity index (χ4v) is 2.08. The van der Waals surface area contributed by atoms with Gasteiger partial charge in [0.2, 0.25) is 5.95 Å². The predicted octanol–water partition coefficient (Wildman–Crippen LogP) is 1.19. The van der Waals surface area contributed by atoms with Gasteiger partial charge in [-0.1, -0.05) is 13.3 Å². The Morgan fingerprint density at radius 2 is 2.20 bits per heavy atom. The molecule has 1 fully saturated rings. The molecule has 2 rings (SSSR count). The van der Waals surface area contributed by atoms with Gasteiger partial charge in [0.15, 0.2) is 0 Å². The van der Waals surface area contributed by atoms with E-state index < -0.39 is 0 Å². The molecule has 1 saturated heterocycles. The minimum absolute atomic E-state index is 0.0460. The number of morpholine rings is 1. The zero-order valence-corrected chi connectivity index (χ0v) is 12.2. The van der Waals surface area contributed by atoms with E-state index in [-0.39, 0.29) is 5.91 Å². The summed E-state index contributed by atoms with van der Waals surface area (Å²) in [5.74, 6) is 0.568. The van der Waals surface area contributed by atoms with Crippen LogP contribution in [0.2, 0.25) is 0 Å². The maximum atomic E-state index is 12.3. The molecule has 6 nitrogen and oxygen atoms in total. The standard InChI is InChI=1S/C14H22N4O2/c1-3-4-7-17(2)13(19)12-5-6-15-14(16-12)18-8-10-20-11-9-18/h5-6H,3-4,7-11H2,1-2H3. The summed E-state index contributed by atoms with van der Waals surface area (Å²) in [6, 6.07) is 1.68. The molecule has 6 heteroatoms. The van der Waals surface area contributed by atoms with Crippen molar-refractivity contribution in [2.75, 3.05) is 44.8 Å². The van der Waals surface area contributed by atoms with Gasteiger partial charge in [0, 0.05) is 32.9 Å². The fourth-order valence-electron chi connectivity index (χ4n) is 2.08. The summed E-state index contributed by atoms with van der Waals surface area (Å²) < 4.78 is 5.31. The first kappa shape index (κ1) is 14.7. The molecule has 2 heterocycles. The first-order valence-electron chi connectivity index (χ1n) is 7.13. The van der Waals surface area contributed by atoms with Crippen LogP contribution in [-0.4, -0.2) is 60.7 Å². The quantitative estimate of drug-likeness (QED) is 0.809. The first-order valence-corrected chi connectivity index (χ1v) is 7.13. The molecule has 0 spiro atoms. The van der Waals surface area contributed by atoms with Gasteiger partial charge in [-0.25, -0.2) is 9.97 Å². The van der Waals surface area contributed by atoms with Crippen LogP contribution in [-0.2, 0) is 4.74 Å². The Kier molecular flexibility index (Phi) is 5.29. The summed E-state index contributed by atoms with van der Waals surface area (Å²) in [7, 11) is 1.81. The van der Waals surface area contributed by atoms with E-state index in [9.17, 15) is 4.79 Å². The Morgan fingerprint density at radius 3 is 2.90 bits per heavy atom. The Hall–Kier alpha value is -1.69. The van der Waals surface area contributed by atoms with Crippen LogP contribution in [0.3, 0.4) is 0 Å². The van der Waals surface area contributed by atoms with E-state index in [0.29, 0.717) is 24.9 Å². The van der Waals surface area contributed by atoms with Gasteiger partial charge in [-0.15, -0.1) is 0 Å². The Morgan fingerprint density at radius 1 is 1.45 bits per heavy atom. The minimum atomic E-state index is -0.0460. The summed E-state index contributed by atoms with van der Waals surface area (Å²) in [4.78, 5) is 24.7. The average Bonchev–Trinajstić information content (AvgIpc) is 2.53. The van der Waals surface area contributed by atoms with Crippen molar-refractivity contribution in [2.45, 2.75) is 19.8 Å². The second-order valence-corrected chi connectivity index (χ2v) is 4.92. The van der Waals surface area contributed by atoms with Crippen LogP contribution in [0.1, 0.15) is 30.3 Å². The van der Waals surface area contributed by atoms with Gasteiger partial charge in [0.1, 0.15) is 5.69 Å². The average molecular weight is 278 g/mol. The summed E-state index contributed by atoms with van der Waals surface area (Å²) in [6.07, 6.45) is 3.72. The molecule has 0 unspecified atom stereocenters. The third-order valence-corrected chi connectivity index (χ3v) is 3.35. The van der Waals surface area contributed by atoms with E-state index in [0.717, 1.165) is 32.5 Å². The molecule has 1 aliphatic heterocycles. The molecular weight excluding hydrogens is 256 g/mol. The lowest BCUT2D eigenvalue weighted by atomic mass is 10.3. The van der Waals surface area contributed by atoms with Crippen LogP contribution in [0.5, 0.6) is 0 Å². The van der Waals surface area contributed by atoms with Crippen LogP contribution < -0.4 is 4.90 Å². The Bertz CT molecular complexity index is 447. The predicted molar refractivity (Wildman–Crippen MR) is 76.9 cm³/mol. The SMILES string of the molecule is CCCCN(C)C(=O)c1ccnc(N2CCOCC2)n1. The van der Waals surface area contributed by atoms with E-state index in [1.54, 1.807) is 17.2 Å². The van der Waals surface area contributed by atoms with Gasteiger partial charge in [-0.2, -0.15) is 0 Å². The molecule has 1 aromatic heterocycles. The van der Waals surface area contributed by atoms with Crippen molar-refractivity contribution in [2.24, 2.45) is 0 Å². The molecule has 0 atom stereocenters. The number of unbranched alkanes of at least 4 members (excludes halogenated alkanes) is 1. The molecule has 110 valence electrons. The smallest absolute Gasteiger partial charge is 0.272 e. The second kappa shape index (κ2) is 7.19. The maximum Gasteiger partial charge on any atom is 0.272 e. The molecule has 0 saturated carbocycles. The number of hydrogen-bond acceptors (Lipinski definition) is 5. The number of anilines is 1. The molecule has 0 bridgehead atoms. The van der Waals surface area contributed by atoms with Crippen LogP contribution in [0.25, 0.3) is 0 Å². The summed E-state index contributed by atoms with van der Waals surface area (Å²) in [5.41, 5.74) is 0.458. The fraction of sp³-hybridized carbons (Fsp3) is 0.643. The number of rotatable bonds is 5. The molecule has 1 aromatic rings. The van der Waals surface area contributed by atoms with E-state index in [1.807, 2.05) is 11.9 Å². The summed E-state index contributed by atoms with van der Waals surface area (Å²) in [6.45, 7) is 5.76. The maximum absolute atomic E-state index is 12.3. The van der Waals surface area contributed by atoms with Crippen molar-refractivity contribution in [1.29, 1.82) is 0 Å². The zero-order valence-electron chi connectivity index (χ0n) is 12.2. The summed E-state index contributed by atoms with van der Waals surface area (Å²) >= 11 is 0. The third-order valence-electron chi connectivity index (χ3n) is 3.35. The molecule has 0 aromatic carbocycles. The monoisotopic (exact) mass is 278 g/mol. The van der Waals surface area contributed by atoms with Gasteiger partial charge in [0.25, 0.3) is 5.91 Å². The van der Waals surface area contributed by atoms with Crippen molar-refractivity contribution >= 4 is 11.9 Å². The van der Waals surface area contributed by atoms with E-state index in [1.165, 1.54) is 0 Å². The van der Waals surface area contributed by atoms with Gasteiger partial charge >= 0.3 is 0 Å². The van der Waals surface area contributed by atoms with Gasteiger partial charge in [0.05, 0.1) is 13.2 Å². The van der Waals surface area contributed by atoms with Crippen molar-refractivity contribution in [3.63, 3.8) is 0 Å². The van der Waals surface area contributed by atoms with Gasteiger partial charge in [-0.3, -0.25) is 4.79 Å². The Labute approximate surface area is 119 Å². The largest absolute Gasteiger partial charge is 0.378 e. The van der Waals surface area contributed by atoms with Crippen molar-refractivity contribution < 1.29 is 9.53 Å². The highest BCUT2D eigenvalue weighted by molar-refractivity contribution is 5.92. The zero-order chi connectivity index (χ0) is 14.4. The van der Waals surface area contributed by atoms with E-state index in [2.05, 4.69) is 16.9 Å². The molecule has 0 N–H and O–H groups in total. The van der Waals surface area contributed by atoms with E-state index in [4.69, 9.17) is 4.74 Å². The van der Waals surface area contributed by atoms with Gasteiger partial charge < -0.3 is 14.5 Å². The molecular formula is C14H22N4O2. The van der Waals surface area contributed by atoms with Crippen molar-refractivity contribution in [3.05, 3.63) is 18.0 Å². The lowest BCUT2D eigenvalue weighted by Gasteiger charge is -2.27. The highest BCUT2D eigenvalue weighted by Crippen LogP contribution is 2.11. The number of carbonyl (C=O) groups excluding carboxylic acids is 1. The molecule has 1 amide bonds. The third kappa shape index (κ3) is 3.66. The number of hydrogen-bond donors (Lipinski definition) is 0.